The van der Waals surface area contributed by atoms with Crippen LogP contribution in [-0.2, 0) is 22.7 Å². The molecule has 5 heteroatoms. The molecule has 0 radical (unpaired) electrons. The third-order valence-corrected chi connectivity index (χ3v) is 6.33. The first-order valence-electron chi connectivity index (χ1n) is 12.1. The Kier molecular flexibility index (Phi) is 8.58. The van der Waals surface area contributed by atoms with Gasteiger partial charge in [-0.15, -0.1) is 0 Å². The van der Waals surface area contributed by atoms with Crippen molar-refractivity contribution >= 4 is 11.7 Å². The topological polar surface area (TPSA) is 70.8 Å². The first kappa shape index (κ1) is 23.8. The molecule has 2 atom stereocenters. The van der Waals surface area contributed by atoms with Crippen molar-refractivity contribution in [2.75, 3.05) is 12.3 Å². The number of benzene rings is 3. The molecule has 0 bridgehead atoms. The second-order valence-corrected chi connectivity index (χ2v) is 8.83. The zero-order valence-corrected chi connectivity index (χ0v) is 19.5. The van der Waals surface area contributed by atoms with Gasteiger partial charge in [0.25, 0.3) is 0 Å². The SMILES string of the molecule is Nc1ccc(C(=O)OCc2ccccc2)c(OCCC2CCCCC2OCc2ccccc2)c1. The molecule has 1 fully saturated rings. The normalized spacial score (nSPS) is 17.8. The van der Waals surface area contributed by atoms with Crippen LogP contribution in [0.15, 0.2) is 78.9 Å². The summed E-state index contributed by atoms with van der Waals surface area (Å²) >= 11 is 0. The van der Waals surface area contributed by atoms with E-state index in [1.165, 1.54) is 18.4 Å². The first-order chi connectivity index (χ1) is 16.7. The lowest BCUT2D eigenvalue weighted by Crippen LogP contribution is -2.29. The summed E-state index contributed by atoms with van der Waals surface area (Å²) < 4.78 is 17.9. The van der Waals surface area contributed by atoms with E-state index in [-0.39, 0.29) is 12.7 Å². The predicted molar refractivity (Wildman–Crippen MR) is 134 cm³/mol. The molecule has 0 amide bonds. The molecule has 0 spiro atoms. The molecular weight excluding hydrogens is 426 g/mol. The van der Waals surface area contributed by atoms with Crippen LogP contribution in [0.25, 0.3) is 0 Å². The van der Waals surface area contributed by atoms with E-state index in [1.54, 1.807) is 18.2 Å². The number of nitrogen functional groups attached to an aromatic ring is 1. The number of hydrogen-bond acceptors (Lipinski definition) is 5. The lowest BCUT2D eigenvalue weighted by atomic mass is 9.84. The van der Waals surface area contributed by atoms with Crippen molar-refractivity contribution in [3.05, 3.63) is 95.6 Å². The third kappa shape index (κ3) is 6.84. The van der Waals surface area contributed by atoms with Crippen molar-refractivity contribution in [3.8, 4) is 5.75 Å². The van der Waals surface area contributed by atoms with Gasteiger partial charge in [0.15, 0.2) is 0 Å². The van der Waals surface area contributed by atoms with Crippen LogP contribution in [0.4, 0.5) is 5.69 Å². The van der Waals surface area contributed by atoms with Gasteiger partial charge in [-0.2, -0.15) is 0 Å². The molecular formula is C29H33NO4. The van der Waals surface area contributed by atoms with Gasteiger partial charge in [0, 0.05) is 11.8 Å². The Balaban J connectivity index is 1.32. The number of esters is 1. The molecule has 1 saturated carbocycles. The Hall–Kier alpha value is -3.31. The number of carbonyl (C=O) groups is 1. The van der Waals surface area contributed by atoms with Crippen molar-refractivity contribution in [2.45, 2.75) is 51.4 Å². The molecule has 1 aliphatic rings. The summed E-state index contributed by atoms with van der Waals surface area (Å²) in [5.74, 6) is 0.489. The summed E-state index contributed by atoms with van der Waals surface area (Å²) in [6.07, 6.45) is 5.72. The molecule has 4 rings (SSSR count). The van der Waals surface area contributed by atoms with Crippen molar-refractivity contribution in [1.29, 1.82) is 0 Å². The average Bonchev–Trinajstić information content (AvgIpc) is 2.88. The van der Waals surface area contributed by atoms with Crippen LogP contribution >= 0.6 is 0 Å². The lowest BCUT2D eigenvalue weighted by molar-refractivity contribution is -0.0268. The van der Waals surface area contributed by atoms with Gasteiger partial charge in [-0.3, -0.25) is 0 Å². The molecule has 34 heavy (non-hydrogen) atoms. The predicted octanol–water partition coefficient (Wildman–Crippen LogP) is 6.17. The molecule has 2 N–H and O–H groups in total. The summed E-state index contributed by atoms with van der Waals surface area (Å²) in [6, 6.07) is 25.0. The van der Waals surface area contributed by atoms with Crippen LogP contribution in [-0.4, -0.2) is 18.7 Å². The molecule has 178 valence electrons. The smallest absolute Gasteiger partial charge is 0.342 e. The number of carbonyl (C=O) groups excluding carboxylic acids is 1. The first-order valence-corrected chi connectivity index (χ1v) is 12.1. The van der Waals surface area contributed by atoms with Gasteiger partial charge in [0.05, 0.1) is 19.3 Å². The molecule has 0 saturated heterocycles. The van der Waals surface area contributed by atoms with Crippen LogP contribution in [0.2, 0.25) is 0 Å². The number of hydrogen-bond donors (Lipinski definition) is 1. The van der Waals surface area contributed by atoms with Gasteiger partial charge in [0.2, 0.25) is 0 Å². The minimum Gasteiger partial charge on any atom is -0.493 e. The third-order valence-electron chi connectivity index (χ3n) is 6.33. The molecule has 1 aliphatic carbocycles. The maximum Gasteiger partial charge on any atom is 0.342 e. The van der Waals surface area contributed by atoms with Crippen LogP contribution in [0, 0.1) is 5.92 Å². The van der Waals surface area contributed by atoms with Crippen LogP contribution < -0.4 is 10.5 Å². The Morgan fingerprint density at radius 2 is 1.53 bits per heavy atom. The Bertz CT molecular complexity index is 1040. The lowest BCUT2D eigenvalue weighted by Gasteiger charge is -2.31. The van der Waals surface area contributed by atoms with E-state index in [0.717, 1.165) is 24.8 Å². The van der Waals surface area contributed by atoms with Gasteiger partial charge in [-0.1, -0.05) is 73.5 Å². The van der Waals surface area contributed by atoms with Gasteiger partial charge in [0.1, 0.15) is 17.9 Å². The number of anilines is 1. The summed E-state index contributed by atoms with van der Waals surface area (Å²) in [7, 11) is 0. The van der Waals surface area contributed by atoms with Gasteiger partial charge in [-0.25, -0.2) is 4.79 Å². The molecule has 0 heterocycles. The van der Waals surface area contributed by atoms with E-state index in [9.17, 15) is 4.79 Å². The molecule has 0 aliphatic heterocycles. The van der Waals surface area contributed by atoms with Gasteiger partial charge < -0.3 is 19.9 Å². The summed E-state index contributed by atoms with van der Waals surface area (Å²) in [6.45, 7) is 1.35. The summed E-state index contributed by atoms with van der Waals surface area (Å²) in [5, 5.41) is 0. The van der Waals surface area contributed by atoms with Crippen molar-refractivity contribution in [2.24, 2.45) is 5.92 Å². The average molecular weight is 460 g/mol. The fourth-order valence-electron chi connectivity index (χ4n) is 4.45. The zero-order chi connectivity index (χ0) is 23.6. The van der Waals surface area contributed by atoms with E-state index in [1.807, 2.05) is 48.5 Å². The molecule has 0 aromatic heterocycles. The Morgan fingerprint density at radius 3 is 2.26 bits per heavy atom. The zero-order valence-electron chi connectivity index (χ0n) is 19.5. The number of ether oxygens (including phenoxy) is 3. The minimum atomic E-state index is -0.416. The van der Waals surface area contributed by atoms with Crippen LogP contribution in [0.5, 0.6) is 5.75 Å². The van der Waals surface area contributed by atoms with E-state index in [0.29, 0.717) is 36.1 Å². The van der Waals surface area contributed by atoms with E-state index >= 15 is 0 Å². The van der Waals surface area contributed by atoms with E-state index in [2.05, 4.69) is 12.1 Å². The van der Waals surface area contributed by atoms with Crippen LogP contribution in [0.1, 0.15) is 53.6 Å². The highest BCUT2D eigenvalue weighted by Crippen LogP contribution is 2.31. The second kappa shape index (κ2) is 12.2. The van der Waals surface area contributed by atoms with Crippen molar-refractivity contribution in [3.63, 3.8) is 0 Å². The highest BCUT2D eigenvalue weighted by Gasteiger charge is 2.26. The number of rotatable bonds is 10. The maximum atomic E-state index is 12.7. The summed E-state index contributed by atoms with van der Waals surface area (Å²) in [4.78, 5) is 12.7. The monoisotopic (exact) mass is 459 g/mol. The largest absolute Gasteiger partial charge is 0.493 e. The molecule has 3 aromatic rings. The van der Waals surface area contributed by atoms with E-state index in [4.69, 9.17) is 19.9 Å². The quantitative estimate of drug-likeness (QED) is 0.290. The van der Waals surface area contributed by atoms with Gasteiger partial charge in [-0.05, 0) is 48.4 Å². The van der Waals surface area contributed by atoms with Gasteiger partial charge >= 0.3 is 5.97 Å². The molecule has 2 unspecified atom stereocenters. The second-order valence-electron chi connectivity index (χ2n) is 8.83. The molecule has 3 aromatic carbocycles. The summed E-state index contributed by atoms with van der Waals surface area (Å²) in [5.41, 5.74) is 9.05. The molecule has 5 nitrogen and oxygen atoms in total. The standard InChI is InChI=1S/C29H33NO4/c30-25-15-16-26(29(31)34-21-23-11-5-2-6-12-23)28(19-25)32-18-17-24-13-7-8-14-27(24)33-20-22-9-3-1-4-10-22/h1-6,9-12,15-16,19,24,27H,7-8,13-14,17-18,20-21,30H2. The highest BCUT2D eigenvalue weighted by atomic mass is 16.5. The van der Waals surface area contributed by atoms with Crippen molar-refractivity contribution < 1.29 is 19.0 Å². The fraction of sp³-hybridized carbons (Fsp3) is 0.345. The number of nitrogens with two attached hydrogens (primary N) is 1. The Morgan fingerprint density at radius 1 is 0.853 bits per heavy atom. The van der Waals surface area contributed by atoms with Crippen LogP contribution in [0.3, 0.4) is 0 Å². The fourth-order valence-corrected chi connectivity index (χ4v) is 4.45. The Labute approximate surface area is 201 Å². The maximum absolute atomic E-state index is 12.7. The van der Waals surface area contributed by atoms with Crippen molar-refractivity contribution in [1.82, 2.24) is 0 Å². The van der Waals surface area contributed by atoms with E-state index < -0.39 is 5.97 Å². The minimum absolute atomic E-state index is 0.214. The highest BCUT2D eigenvalue weighted by molar-refractivity contribution is 5.93.